The number of nitrogens with one attached hydrogen (secondary N) is 1. The number of benzene rings is 2. The van der Waals surface area contributed by atoms with E-state index in [2.05, 4.69) is 36.5 Å². The zero-order valence-corrected chi connectivity index (χ0v) is 16.6. The van der Waals surface area contributed by atoms with Gasteiger partial charge in [0.25, 0.3) is 0 Å². The SMILES string of the molecule is CCN(C(=O)Nc1ccc2c(c1)OCCO2)C(Cc1ccc(C)cc1)C1CC1. The lowest BCUT2D eigenvalue weighted by molar-refractivity contribution is 0.171. The fourth-order valence-corrected chi connectivity index (χ4v) is 3.82. The summed E-state index contributed by atoms with van der Waals surface area (Å²) < 4.78 is 11.2. The summed E-state index contributed by atoms with van der Waals surface area (Å²) in [5.74, 6) is 2.00. The molecule has 148 valence electrons. The van der Waals surface area contributed by atoms with Crippen LogP contribution in [-0.4, -0.2) is 36.7 Å². The summed E-state index contributed by atoms with van der Waals surface area (Å²) in [6, 6.07) is 14.4. The van der Waals surface area contributed by atoms with Crippen LogP contribution in [0.5, 0.6) is 11.5 Å². The number of aryl methyl sites for hydroxylation is 1. The number of anilines is 1. The van der Waals surface area contributed by atoms with Crippen LogP contribution in [0, 0.1) is 12.8 Å². The van der Waals surface area contributed by atoms with Gasteiger partial charge in [0, 0.05) is 24.3 Å². The van der Waals surface area contributed by atoms with Crippen LogP contribution < -0.4 is 14.8 Å². The lowest BCUT2D eigenvalue weighted by Gasteiger charge is -2.31. The summed E-state index contributed by atoms with van der Waals surface area (Å²) in [6.45, 7) is 5.93. The maximum absolute atomic E-state index is 13.1. The number of hydrogen-bond donors (Lipinski definition) is 1. The monoisotopic (exact) mass is 380 g/mol. The average molecular weight is 380 g/mol. The van der Waals surface area contributed by atoms with Crippen LogP contribution in [0.25, 0.3) is 0 Å². The second-order valence-corrected chi connectivity index (χ2v) is 7.67. The van der Waals surface area contributed by atoms with Crippen LogP contribution in [0.3, 0.4) is 0 Å². The molecule has 28 heavy (non-hydrogen) atoms. The molecular formula is C23H28N2O3. The number of ether oxygens (including phenoxy) is 2. The molecule has 4 rings (SSSR count). The molecule has 1 saturated carbocycles. The van der Waals surface area contributed by atoms with Gasteiger partial charge in [-0.1, -0.05) is 29.8 Å². The fraction of sp³-hybridized carbons (Fsp3) is 0.435. The number of amides is 2. The van der Waals surface area contributed by atoms with Crippen molar-refractivity contribution >= 4 is 11.7 Å². The fourth-order valence-electron chi connectivity index (χ4n) is 3.82. The average Bonchev–Trinajstić information content (AvgIpc) is 3.54. The molecular weight excluding hydrogens is 352 g/mol. The van der Waals surface area contributed by atoms with E-state index in [-0.39, 0.29) is 12.1 Å². The van der Waals surface area contributed by atoms with E-state index in [1.807, 2.05) is 30.0 Å². The largest absolute Gasteiger partial charge is 0.486 e. The molecule has 2 aliphatic rings. The van der Waals surface area contributed by atoms with Crippen molar-refractivity contribution in [1.29, 1.82) is 0 Å². The van der Waals surface area contributed by atoms with Gasteiger partial charge in [0.1, 0.15) is 13.2 Å². The van der Waals surface area contributed by atoms with E-state index in [9.17, 15) is 4.79 Å². The van der Waals surface area contributed by atoms with Crippen LogP contribution in [-0.2, 0) is 6.42 Å². The maximum Gasteiger partial charge on any atom is 0.322 e. The predicted molar refractivity (Wildman–Crippen MR) is 110 cm³/mol. The van der Waals surface area contributed by atoms with Crippen molar-refractivity contribution in [3.05, 3.63) is 53.6 Å². The van der Waals surface area contributed by atoms with Gasteiger partial charge in [0.05, 0.1) is 0 Å². The summed E-state index contributed by atoms with van der Waals surface area (Å²) in [6.07, 6.45) is 3.29. The first-order chi connectivity index (χ1) is 13.6. The number of hydrogen-bond acceptors (Lipinski definition) is 3. The number of fused-ring (bicyclic) bond motifs is 1. The molecule has 1 unspecified atom stereocenters. The molecule has 5 nitrogen and oxygen atoms in total. The molecule has 1 aliphatic carbocycles. The zero-order valence-electron chi connectivity index (χ0n) is 16.6. The Morgan fingerprint density at radius 2 is 1.82 bits per heavy atom. The molecule has 2 aromatic rings. The van der Waals surface area contributed by atoms with Crippen molar-refractivity contribution < 1.29 is 14.3 Å². The molecule has 0 aromatic heterocycles. The molecule has 1 N–H and O–H groups in total. The Kier molecular flexibility index (Phi) is 5.42. The summed E-state index contributed by atoms with van der Waals surface area (Å²) in [4.78, 5) is 15.1. The summed E-state index contributed by atoms with van der Waals surface area (Å²) >= 11 is 0. The van der Waals surface area contributed by atoms with Gasteiger partial charge in [-0.05, 0) is 56.7 Å². The Morgan fingerprint density at radius 1 is 1.11 bits per heavy atom. The highest BCUT2D eigenvalue weighted by atomic mass is 16.6. The van der Waals surface area contributed by atoms with E-state index >= 15 is 0 Å². The van der Waals surface area contributed by atoms with E-state index in [1.54, 1.807) is 0 Å². The minimum Gasteiger partial charge on any atom is -0.486 e. The third-order valence-electron chi connectivity index (χ3n) is 5.53. The number of urea groups is 1. The number of likely N-dealkylation sites (N-methyl/N-ethyl adjacent to an activating group) is 1. The van der Waals surface area contributed by atoms with Gasteiger partial charge in [-0.25, -0.2) is 4.79 Å². The van der Waals surface area contributed by atoms with Crippen molar-refractivity contribution in [1.82, 2.24) is 4.90 Å². The maximum atomic E-state index is 13.1. The third kappa shape index (κ3) is 4.24. The Labute approximate surface area is 166 Å². The molecule has 1 aliphatic heterocycles. The first-order valence-electron chi connectivity index (χ1n) is 10.2. The topological polar surface area (TPSA) is 50.8 Å². The van der Waals surface area contributed by atoms with Crippen LogP contribution >= 0.6 is 0 Å². The van der Waals surface area contributed by atoms with E-state index < -0.39 is 0 Å². The van der Waals surface area contributed by atoms with Crippen molar-refractivity contribution in [2.24, 2.45) is 5.92 Å². The lowest BCUT2D eigenvalue weighted by atomic mass is 10.00. The highest BCUT2D eigenvalue weighted by Crippen LogP contribution is 2.38. The van der Waals surface area contributed by atoms with Gasteiger partial charge in [-0.3, -0.25) is 0 Å². The highest BCUT2D eigenvalue weighted by Gasteiger charge is 2.37. The van der Waals surface area contributed by atoms with Gasteiger partial charge < -0.3 is 19.7 Å². The minimum atomic E-state index is -0.0526. The minimum absolute atomic E-state index is 0.0526. The van der Waals surface area contributed by atoms with Gasteiger partial charge in [-0.2, -0.15) is 0 Å². The molecule has 1 fully saturated rings. The first-order valence-corrected chi connectivity index (χ1v) is 10.2. The van der Waals surface area contributed by atoms with Crippen LogP contribution in [0.2, 0.25) is 0 Å². The molecule has 0 saturated heterocycles. The smallest absolute Gasteiger partial charge is 0.322 e. The second kappa shape index (κ2) is 8.13. The van der Waals surface area contributed by atoms with Crippen molar-refractivity contribution in [3.63, 3.8) is 0 Å². The Balaban J connectivity index is 1.47. The molecule has 1 heterocycles. The molecule has 2 aromatic carbocycles. The number of carbonyl (C=O) groups excluding carboxylic acids is 1. The van der Waals surface area contributed by atoms with Crippen molar-refractivity contribution in [2.45, 2.75) is 39.2 Å². The second-order valence-electron chi connectivity index (χ2n) is 7.67. The molecule has 0 spiro atoms. The van der Waals surface area contributed by atoms with Gasteiger partial charge >= 0.3 is 6.03 Å². The molecule has 5 heteroatoms. The van der Waals surface area contributed by atoms with Gasteiger partial charge in [0.15, 0.2) is 11.5 Å². The number of rotatable bonds is 6. The lowest BCUT2D eigenvalue weighted by Crippen LogP contribution is -2.45. The molecule has 1 atom stereocenters. The molecule has 0 bridgehead atoms. The van der Waals surface area contributed by atoms with Crippen molar-refractivity contribution in [2.75, 3.05) is 25.1 Å². The Hall–Kier alpha value is -2.69. The van der Waals surface area contributed by atoms with Crippen LogP contribution in [0.15, 0.2) is 42.5 Å². The zero-order chi connectivity index (χ0) is 19.5. The van der Waals surface area contributed by atoms with Gasteiger partial charge in [-0.15, -0.1) is 0 Å². The standard InChI is InChI=1S/C23H28N2O3/c1-3-25(20(18-8-9-18)14-17-6-4-16(2)5-7-17)23(26)24-19-10-11-21-22(15-19)28-13-12-27-21/h4-7,10-11,15,18,20H,3,8-9,12-14H2,1-2H3,(H,24,26). The summed E-state index contributed by atoms with van der Waals surface area (Å²) in [5, 5.41) is 3.05. The third-order valence-corrected chi connectivity index (χ3v) is 5.53. The molecule has 2 amide bonds. The van der Waals surface area contributed by atoms with E-state index in [4.69, 9.17) is 9.47 Å². The van der Waals surface area contributed by atoms with E-state index in [0.717, 1.165) is 17.9 Å². The molecule has 0 radical (unpaired) electrons. The summed E-state index contributed by atoms with van der Waals surface area (Å²) in [5.41, 5.74) is 3.28. The van der Waals surface area contributed by atoms with Gasteiger partial charge in [0.2, 0.25) is 0 Å². The summed E-state index contributed by atoms with van der Waals surface area (Å²) in [7, 11) is 0. The Bertz CT molecular complexity index is 830. The predicted octanol–water partition coefficient (Wildman–Crippen LogP) is 4.64. The number of nitrogens with zero attached hydrogens (tertiary/aromatic N) is 1. The normalized spacial score (nSPS) is 16.4. The van der Waals surface area contributed by atoms with E-state index in [0.29, 0.717) is 31.4 Å². The number of carbonyl (C=O) groups is 1. The van der Waals surface area contributed by atoms with Crippen LogP contribution in [0.1, 0.15) is 30.9 Å². The highest BCUT2D eigenvalue weighted by molar-refractivity contribution is 5.90. The Morgan fingerprint density at radius 3 is 2.50 bits per heavy atom. The quantitative estimate of drug-likeness (QED) is 0.794. The van der Waals surface area contributed by atoms with E-state index in [1.165, 1.54) is 24.0 Å². The first kappa shape index (κ1) is 18.7. The van der Waals surface area contributed by atoms with Crippen LogP contribution in [0.4, 0.5) is 10.5 Å². The van der Waals surface area contributed by atoms with Crippen molar-refractivity contribution in [3.8, 4) is 11.5 Å².